The summed E-state index contributed by atoms with van der Waals surface area (Å²) < 4.78 is 26.1. The number of likely N-dealkylation sites (N-methyl/N-ethyl adjacent to an activating group) is 1. The van der Waals surface area contributed by atoms with Crippen LogP contribution in [-0.2, 0) is 13.0 Å². The first-order chi connectivity index (χ1) is 9.13. The third-order valence-corrected chi connectivity index (χ3v) is 2.85. The number of hydrogen-bond donors (Lipinski definition) is 0. The third kappa shape index (κ3) is 4.41. The summed E-state index contributed by atoms with van der Waals surface area (Å²) >= 11 is 0. The predicted molar refractivity (Wildman–Crippen MR) is 70.6 cm³/mol. The van der Waals surface area contributed by atoms with Crippen molar-refractivity contribution in [3.63, 3.8) is 0 Å². The van der Waals surface area contributed by atoms with Crippen molar-refractivity contribution in [1.82, 2.24) is 9.88 Å². The van der Waals surface area contributed by atoms with Gasteiger partial charge in [0.25, 0.3) is 0 Å². The number of aromatic nitrogens is 1. The van der Waals surface area contributed by atoms with Crippen LogP contribution in [0.4, 0.5) is 8.78 Å². The van der Waals surface area contributed by atoms with E-state index in [1.165, 1.54) is 12.1 Å². The molecule has 0 saturated carbocycles. The van der Waals surface area contributed by atoms with Gasteiger partial charge in [0.15, 0.2) is 0 Å². The standard InChI is InChI=1S/C15H16F2N2/c1-19(7-5-15-4-2-3-6-18-15)11-12-8-13(16)10-14(17)9-12/h2-4,6,8-10H,5,7,11H2,1H3. The highest BCUT2D eigenvalue weighted by Gasteiger charge is 2.05. The maximum atomic E-state index is 13.1. The lowest BCUT2D eigenvalue weighted by Gasteiger charge is -2.16. The molecule has 2 aromatic rings. The topological polar surface area (TPSA) is 16.1 Å². The Morgan fingerprint density at radius 3 is 2.47 bits per heavy atom. The highest BCUT2D eigenvalue weighted by molar-refractivity contribution is 5.17. The summed E-state index contributed by atoms with van der Waals surface area (Å²) in [6, 6.07) is 9.40. The summed E-state index contributed by atoms with van der Waals surface area (Å²) in [4.78, 5) is 6.26. The van der Waals surface area contributed by atoms with Crippen LogP contribution in [0.5, 0.6) is 0 Å². The van der Waals surface area contributed by atoms with E-state index in [1.807, 2.05) is 30.1 Å². The summed E-state index contributed by atoms with van der Waals surface area (Å²) in [5, 5.41) is 0. The van der Waals surface area contributed by atoms with Gasteiger partial charge in [-0.1, -0.05) is 6.07 Å². The molecule has 0 aliphatic rings. The van der Waals surface area contributed by atoms with E-state index in [4.69, 9.17) is 0 Å². The van der Waals surface area contributed by atoms with Gasteiger partial charge in [0, 0.05) is 37.5 Å². The van der Waals surface area contributed by atoms with Crippen LogP contribution in [0.15, 0.2) is 42.6 Å². The van der Waals surface area contributed by atoms with E-state index in [0.29, 0.717) is 12.1 Å². The maximum absolute atomic E-state index is 13.1. The summed E-state index contributed by atoms with van der Waals surface area (Å²) in [7, 11) is 1.92. The van der Waals surface area contributed by atoms with Crippen molar-refractivity contribution in [2.24, 2.45) is 0 Å². The van der Waals surface area contributed by atoms with Gasteiger partial charge in [-0.3, -0.25) is 4.98 Å². The van der Waals surface area contributed by atoms with Crippen LogP contribution >= 0.6 is 0 Å². The third-order valence-electron chi connectivity index (χ3n) is 2.85. The van der Waals surface area contributed by atoms with Gasteiger partial charge < -0.3 is 4.90 Å². The second-order valence-electron chi connectivity index (χ2n) is 4.59. The van der Waals surface area contributed by atoms with E-state index in [0.717, 1.165) is 24.7 Å². The zero-order valence-corrected chi connectivity index (χ0v) is 10.8. The number of rotatable bonds is 5. The van der Waals surface area contributed by atoms with E-state index in [1.54, 1.807) is 6.20 Å². The Labute approximate surface area is 111 Å². The number of nitrogens with zero attached hydrogens (tertiary/aromatic N) is 2. The molecule has 4 heteroatoms. The van der Waals surface area contributed by atoms with E-state index < -0.39 is 11.6 Å². The van der Waals surface area contributed by atoms with Crippen LogP contribution in [0, 0.1) is 11.6 Å². The minimum Gasteiger partial charge on any atom is -0.302 e. The Hall–Kier alpha value is -1.81. The van der Waals surface area contributed by atoms with Crippen LogP contribution in [0.3, 0.4) is 0 Å². The fraction of sp³-hybridized carbons (Fsp3) is 0.267. The quantitative estimate of drug-likeness (QED) is 0.823. The lowest BCUT2D eigenvalue weighted by Crippen LogP contribution is -2.21. The zero-order chi connectivity index (χ0) is 13.7. The molecule has 0 unspecified atom stereocenters. The minimum absolute atomic E-state index is 0.515. The maximum Gasteiger partial charge on any atom is 0.126 e. The molecule has 19 heavy (non-hydrogen) atoms. The molecule has 2 rings (SSSR count). The largest absolute Gasteiger partial charge is 0.302 e. The molecular weight excluding hydrogens is 246 g/mol. The van der Waals surface area contributed by atoms with Gasteiger partial charge in [-0.05, 0) is 36.9 Å². The van der Waals surface area contributed by atoms with Crippen LogP contribution in [0.2, 0.25) is 0 Å². The highest BCUT2D eigenvalue weighted by atomic mass is 19.1. The summed E-state index contributed by atoms with van der Waals surface area (Å²) in [5.74, 6) is -1.07. The smallest absolute Gasteiger partial charge is 0.126 e. The fourth-order valence-electron chi connectivity index (χ4n) is 1.94. The molecule has 0 N–H and O–H groups in total. The molecule has 1 heterocycles. The Kier molecular flexibility index (Phi) is 4.58. The van der Waals surface area contributed by atoms with Gasteiger partial charge in [-0.15, -0.1) is 0 Å². The van der Waals surface area contributed by atoms with Crippen molar-refractivity contribution in [2.75, 3.05) is 13.6 Å². The van der Waals surface area contributed by atoms with Crippen LogP contribution in [0.1, 0.15) is 11.3 Å². The monoisotopic (exact) mass is 262 g/mol. The average Bonchev–Trinajstić information content (AvgIpc) is 2.36. The molecule has 0 aliphatic carbocycles. The van der Waals surface area contributed by atoms with Gasteiger partial charge in [0.2, 0.25) is 0 Å². The Balaban J connectivity index is 1.89. The average molecular weight is 262 g/mol. The molecule has 2 nitrogen and oxygen atoms in total. The summed E-state index contributed by atoms with van der Waals surface area (Å²) in [5.41, 5.74) is 1.65. The number of benzene rings is 1. The zero-order valence-electron chi connectivity index (χ0n) is 10.8. The molecule has 0 radical (unpaired) electrons. The lowest BCUT2D eigenvalue weighted by molar-refractivity contribution is 0.329. The van der Waals surface area contributed by atoms with Gasteiger partial charge in [0.1, 0.15) is 11.6 Å². The number of pyridine rings is 1. The van der Waals surface area contributed by atoms with E-state index in [-0.39, 0.29) is 0 Å². The van der Waals surface area contributed by atoms with Crippen molar-refractivity contribution < 1.29 is 8.78 Å². The molecule has 100 valence electrons. The fourth-order valence-corrected chi connectivity index (χ4v) is 1.94. The first-order valence-corrected chi connectivity index (χ1v) is 6.17. The second kappa shape index (κ2) is 6.38. The number of hydrogen-bond acceptors (Lipinski definition) is 2. The summed E-state index contributed by atoms with van der Waals surface area (Å²) in [6.45, 7) is 1.30. The molecule has 0 atom stereocenters. The highest BCUT2D eigenvalue weighted by Crippen LogP contribution is 2.10. The lowest BCUT2D eigenvalue weighted by atomic mass is 10.2. The van der Waals surface area contributed by atoms with Crippen molar-refractivity contribution >= 4 is 0 Å². The van der Waals surface area contributed by atoms with Crippen LogP contribution in [0.25, 0.3) is 0 Å². The Bertz CT molecular complexity index is 509. The molecular formula is C15H16F2N2. The molecule has 0 amide bonds. The SMILES string of the molecule is CN(CCc1ccccn1)Cc1cc(F)cc(F)c1. The van der Waals surface area contributed by atoms with Crippen molar-refractivity contribution in [3.8, 4) is 0 Å². The van der Waals surface area contributed by atoms with Crippen molar-refractivity contribution in [3.05, 3.63) is 65.5 Å². The van der Waals surface area contributed by atoms with Crippen molar-refractivity contribution in [1.29, 1.82) is 0 Å². The van der Waals surface area contributed by atoms with Crippen molar-refractivity contribution in [2.45, 2.75) is 13.0 Å². The molecule has 0 aliphatic heterocycles. The predicted octanol–water partition coefficient (Wildman–Crippen LogP) is 3.03. The van der Waals surface area contributed by atoms with Crippen LogP contribution < -0.4 is 0 Å². The minimum atomic E-state index is -0.534. The normalized spacial score (nSPS) is 10.9. The van der Waals surface area contributed by atoms with Gasteiger partial charge in [-0.25, -0.2) is 8.78 Å². The van der Waals surface area contributed by atoms with E-state index >= 15 is 0 Å². The van der Waals surface area contributed by atoms with E-state index in [9.17, 15) is 8.78 Å². The molecule has 0 fully saturated rings. The molecule has 0 spiro atoms. The van der Waals surface area contributed by atoms with Gasteiger partial charge in [-0.2, -0.15) is 0 Å². The molecule has 1 aromatic carbocycles. The molecule has 0 saturated heterocycles. The first kappa shape index (κ1) is 13.6. The van der Waals surface area contributed by atoms with E-state index in [2.05, 4.69) is 4.98 Å². The molecule has 0 bridgehead atoms. The van der Waals surface area contributed by atoms with Gasteiger partial charge in [0.05, 0.1) is 0 Å². The van der Waals surface area contributed by atoms with Crippen LogP contribution in [-0.4, -0.2) is 23.5 Å². The van der Waals surface area contributed by atoms with Gasteiger partial charge >= 0.3 is 0 Å². The molecule has 1 aromatic heterocycles. The summed E-state index contributed by atoms with van der Waals surface area (Å²) in [6.07, 6.45) is 2.58. The number of halogens is 2. The Morgan fingerprint density at radius 1 is 1.11 bits per heavy atom. The Morgan fingerprint density at radius 2 is 1.84 bits per heavy atom. The first-order valence-electron chi connectivity index (χ1n) is 6.17. The second-order valence-corrected chi connectivity index (χ2v) is 4.59.